The van der Waals surface area contributed by atoms with E-state index in [4.69, 9.17) is 0 Å². The molecule has 0 spiro atoms. The Hall–Kier alpha value is -3.23. The van der Waals surface area contributed by atoms with Crippen LogP contribution in [0.2, 0.25) is 0 Å². The standard InChI is InChI=1S/C21H24N2O6/c1-29-21(28)16(12-14-8-4-2-5-9-14)23-20(27)18(25)17(24)19(26)22-13-15-10-6-3-7-11-15/h2-11,16-18,24-25H,12-13H2,1H3,(H,22,26)(H,23,27)/t16-,17?,18?/m0/s1. The van der Waals surface area contributed by atoms with E-state index in [1.807, 2.05) is 12.1 Å². The van der Waals surface area contributed by atoms with E-state index in [-0.39, 0.29) is 13.0 Å². The normalized spacial score (nSPS) is 13.6. The van der Waals surface area contributed by atoms with Gasteiger partial charge >= 0.3 is 5.97 Å². The number of benzene rings is 2. The topological polar surface area (TPSA) is 125 Å². The minimum Gasteiger partial charge on any atom is -0.467 e. The molecule has 0 aliphatic rings. The molecule has 4 N–H and O–H groups in total. The number of hydrogen-bond donors (Lipinski definition) is 4. The second-order valence-corrected chi connectivity index (χ2v) is 6.37. The van der Waals surface area contributed by atoms with Gasteiger partial charge in [0.15, 0.2) is 12.2 Å². The first-order valence-corrected chi connectivity index (χ1v) is 9.02. The van der Waals surface area contributed by atoms with E-state index < -0.39 is 36.0 Å². The van der Waals surface area contributed by atoms with Crippen LogP contribution in [0.1, 0.15) is 11.1 Å². The van der Waals surface area contributed by atoms with Crippen LogP contribution in [0.3, 0.4) is 0 Å². The van der Waals surface area contributed by atoms with Crippen molar-refractivity contribution in [2.24, 2.45) is 0 Å². The highest BCUT2D eigenvalue weighted by atomic mass is 16.5. The van der Waals surface area contributed by atoms with Crippen LogP contribution >= 0.6 is 0 Å². The second-order valence-electron chi connectivity index (χ2n) is 6.37. The number of esters is 1. The molecule has 2 unspecified atom stereocenters. The minimum atomic E-state index is -2.05. The average molecular weight is 400 g/mol. The van der Waals surface area contributed by atoms with E-state index in [0.29, 0.717) is 0 Å². The third-order valence-corrected chi connectivity index (χ3v) is 4.23. The lowest BCUT2D eigenvalue weighted by atomic mass is 10.0. The van der Waals surface area contributed by atoms with E-state index in [0.717, 1.165) is 11.1 Å². The summed E-state index contributed by atoms with van der Waals surface area (Å²) in [4.78, 5) is 36.3. The molecule has 0 saturated carbocycles. The van der Waals surface area contributed by atoms with Gasteiger partial charge in [0.2, 0.25) is 0 Å². The van der Waals surface area contributed by atoms with Gasteiger partial charge in [-0.3, -0.25) is 9.59 Å². The smallest absolute Gasteiger partial charge is 0.328 e. The van der Waals surface area contributed by atoms with E-state index in [2.05, 4.69) is 15.4 Å². The van der Waals surface area contributed by atoms with E-state index in [1.54, 1.807) is 48.5 Å². The molecular weight excluding hydrogens is 376 g/mol. The van der Waals surface area contributed by atoms with Crippen molar-refractivity contribution < 1.29 is 29.3 Å². The van der Waals surface area contributed by atoms with Crippen LogP contribution in [0, 0.1) is 0 Å². The predicted octanol–water partition coefficient (Wildman–Crippen LogP) is -0.0749. The molecule has 0 bridgehead atoms. The molecule has 29 heavy (non-hydrogen) atoms. The molecular formula is C21H24N2O6. The molecule has 0 saturated heterocycles. The maximum Gasteiger partial charge on any atom is 0.328 e. The number of methoxy groups -OCH3 is 1. The van der Waals surface area contributed by atoms with Gasteiger partial charge in [0.05, 0.1) is 7.11 Å². The molecule has 0 radical (unpaired) electrons. The maximum absolute atomic E-state index is 12.3. The van der Waals surface area contributed by atoms with Crippen molar-refractivity contribution in [1.29, 1.82) is 0 Å². The third kappa shape index (κ3) is 6.70. The van der Waals surface area contributed by atoms with E-state index in [9.17, 15) is 24.6 Å². The SMILES string of the molecule is COC(=O)[C@H](Cc1ccccc1)NC(=O)C(O)C(O)C(=O)NCc1ccccc1. The molecule has 3 atom stereocenters. The first kappa shape index (κ1) is 22.1. The van der Waals surface area contributed by atoms with Gasteiger partial charge in [-0.05, 0) is 11.1 Å². The summed E-state index contributed by atoms with van der Waals surface area (Å²) in [5.74, 6) is -2.68. The number of carbonyl (C=O) groups excluding carboxylic acids is 3. The highest BCUT2D eigenvalue weighted by molar-refractivity contribution is 5.92. The van der Waals surface area contributed by atoms with Gasteiger partial charge in [0.1, 0.15) is 6.04 Å². The Bertz CT molecular complexity index is 812. The number of amides is 2. The van der Waals surface area contributed by atoms with Crippen LogP contribution in [0.5, 0.6) is 0 Å². The zero-order valence-corrected chi connectivity index (χ0v) is 15.9. The molecule has 0 aliphatic heterocycles. The first-order valence-electron chi connectivity index (χ1n) is 9.02. The molecule has 0 aliphatic carbocycles. The zero-order valence-electron chi connectivity index (χ0n) is 15.9. The summed E-state index contributed by atoms with van der Waals surface area (Å²) in [6, 6.07) is 16.8. The van der Waals surface area contributed by atoms with Crippen molar-refractivity contribution in [2.75, 3.05) is 7.11 Å². The van der Waals surface area contributed by atoms with E-state index in [1.165, 1.54) is 7.11 Å². The van der Waals surface area contributed by atoms with Gasteiger partial charge in [0, 0.05) is 13.0 Å². The van der Waals surface area contributed by atoms with Gasteiger partial charge in [-0.25, -0.2) is 4.79 Å². The second kappa shape index (κ2) is 10.9. The highest BCUT2D eigenvalue weighted by Crippen LogP contribution is 2.06. The van der Waals surface area contributed by atoms with Gasteiger partial charge in [-0.1, -0.05) is 60.7 Å². The molecule has 0 fully saturated rings. The van der Waals surface area contributed by atoms with Crippen molar-refractivity contribution in [2.45, 2.75) is 31.2 Å². The fourth-order valence-electron chi connectivity index (χ4n) is 2.62. The Morgan fingerprint density at radius 1 is 0.862 bits per heavy atom. The Balaban J connectivity index is 1.94. The average Bonchev–Trinajstić information content (AvgIpc) is 2.76. The summed E-state index contributed by atoms with van der Waals surface area (Å²) >= 11 is 0. The van der Waals surface area contributed by atoms with Gasteiger partial charge in [-0.15, -0.1) is 0 Å². The lowest BCUT2D eigenvalue weighted by molar-refractivity contribution is -0.150. The summed E-state index contributed by atoms with van der Waals surface area (Å²) in [7, 11) is 1.18. The number of aliphatic hydroxyl groups is 2. The van der Waals surface area contributed by atoms with Crippen LogP contribution in [-0.4, -0.2) is 53.4 Å². The van der Waals surface area contributed by atoms with Crippen molar-refractivity contribution >= 4 is 17.8 Å². The fraction of sp³-hybridized carbons (Fsp3) is 0.286. The number of aliphatic hydroxyl groups excluding tert-OH is 2. The number of ether oxygens (including phenoxy) is 1. The van der Waals surface area contributed by atoms with Gasteiger partial charge in [-0.2, -0.15) is 0 Å². The Labute approximate surface area is 168 Å². The largest absolute Gasteiger partial charge is 0.467 e. The molecule has 2 aromatic rings. The number of hydrogen-bond acceptors (Lipinski definition) is 6. The number of rotatable bonds is 9. The van der Waals surface area contributed by atoms with Crippen LogP contribution in [-0.2, 0) is 32.1 Å². The van der Waals surface area contributed by atoms with Crippen molar-refractivity contribution in [3.8, 4) is 0 Å². The zero-order chi connectivity index (χ0) is 21.2. The van der Waals surface area contributed by atoms with Gasteiger partial charge < -0.3 is 25.6 Å². The van der Waals surface area contributed by atoms with Gasteiger partial charge in [0.25, 0.3) is 11.8 Å². The van der Waals surface area contributed by atoms with E-state index >= 15 is 0 Å². The summed E-state index contributed by atoms with van der Waals surface area (Å²) in [6.07, 6.45) is -3.91. The van der Waals surface area contributed by atoms with Crippen molar-refractivity contribution in [3.63, 3.8) is 0 Å². The minimum absolute atomic E-state index is 0.127. The lowest BCUT2D eigenvalue weighted by Gasteiger charge is -2.21. The molecule has 0 heterocycles. The molecule has 0 aromatic heterocycles. The third-order valence-electron chi connectivity index (χ3n) is 4.23. The monoisotopic (exact) mass is 400 g/mol. The molecule has 2 amide bonds. The fourth-order valence-corrected chi connectivity index (χ4v) is 2.62. The Kier molecular flexibility index (Phi) is 8.32. The molecule has 154 valence electrons. The summed E-state index contributed by atoms with van der Waals surface area (Å²) in [5.41, 5.74) is 1.56. The first-order chi connectivity index (χ1) is 13.9. The van der Waals surface area contributed by atoms with Crippen LogP contribution in [0.4, 0.5) is 0 Å². The molecule has 8 nitrogen and oxygen atoms in total. The summed E-state index contributed by atoms with van der Waals surface area (Å²) in [5, 5.41) is 24.8. The Morgan fingerprint density at radius 2 is 1.38 bits per heavy atom. The molecule has 2 aromatic carbocycles. The quantitative estimate of drug-likeness (QED) is 0.437. The molecule has 2 rings (SSSR count). The van der Waals surface area contributed by atoms with Crippen molar-refractivity contribution in [3.05, 3.63) is 71.8 Å². The molecule has 8 heteroatoms. The van der Waals surface area contributed by atoms with Crippen LogP contribution in [0.25, 0.3) is 0 Å². The number of carbonyl (C=O) groups is 3. The predicted molar refractivity (Wildman–Crippen MR) is 104 cm³/mol. The lowest BCUT2D eigenvalue weighted by Crippen LogP contribution is -2.53. The summed E-state index contributed by atoms with van der Waals surface area (Å²) < 4.78 is 4.68. The van der Waals surface area contributed by atoms with Crippen LogP contribution in [0.15, 0.2) is 60.7 Å². The maximum atomic E-state index is 12.3. The Morgan fingerprint density at radius 3 is 1.93 bits per heavy atom. The summed E-state index contributed by atoms with van der Waals surface area (Å²) in [6.45, 7) is 0.129. The van der Waals surface area contributed by atoms with Crippen molar-refractivity contribution in [1.82, 2.24) is 10.6 Å². The highest BCUT2D eigenvalue weighted by Gasteiger charge is 2.33. The van der Waals surface area contributed by atoms with Crippen LogP contribution < -0.4 is 10.6 Å². The number of nitrogens with one attached hydrogen (secondary N) is 2.